The van der Waals surface area contributed by atoms with Gasteiger partial charge in [0.25, 0.3) is 0 Å². The van der Waals surface area contributed by atoms with Crippen LogP contribution in [-0.4, -0.2) is 44.6 Å². The fourth-order valence-corrected chi connectivity index (χ4v) is 2.11. The predicted molar refractivity (Wildman–Crippen MR) is 73.6 cm³/mol. The van der Waals surface area contributed by atoms with E-state index in [0.29, 0.717) is 31.1 Å². The van der Waals surface area contributed by atoms with Crippen molar-refractivity contribution in [2.24, 2.45) is 5.92 Å². The predicted octanol–water partition coefficient (Wildman–Crippen LogP) is 1.94. The molecule has 2 atom stereocenters. The van der Waals surface area contributed by atoms with Gasteiger partial charge >= 0.3 is 0 Å². The molecule has 1 aliphatic rings. The molecule has 0 bridgehead atoms. The maximum absolute atomic E-state index is 5.42. The lowest BCUT2D eigenvalue weighted by atomic mass is 10.0. The number of nitrogens with zero attached hydrogens (tertiary/aromatic N) is 1. The van der Waals surface area contributed by atoms with E-state index in [0.717, 1.165) is 25.3 Å². The number of hydrogen-bond donors (Lipinski definition) is 1. The largest absolute Gasteiger partial charge is 0.475 e. The summed E-state index contributed by atoms with van der Waals surface area (Å²) in [5.41, 5.74) is 1.01. The number of hydrogen-bond acceptors (Lipinski definition) is 5. The normalized spacial score (nSPS) is 20.2. The van der Waals surface area contributed by atoms with Gasteiger partial charge in [0.1, 0.15) is 6.61 Å². The van der Waals surface area contributed by atoms with Gasteiger partial charge in [-0.15, -0.1) is 0 Å². The summed E-state index contributed by atoms with van der Waals surface area (Å²) in [4.78, 5) is 4.26. The van der Waals surface area contributed by atoms with E-state index in [1.165, 1.54) is 0 Å². The van der Waals surface area contributed by atoms with E-state index < -0.39 is 0 Å². The first-order valence-corrected chi connectivity index (χ1v) is 6.71. The van der Waals surface area contributed by atoms with Gasteiger partial charge in [-0.1, -0.05) is 0 Å². The van der Waals surface area contributed by atoms with Crippen molar-refractivity contribution in [1.82, 2.24) is 4.98 Å². The summed E-state index contributed by atoms with van der Waals surface area (Å²) in [7, 11) is 1.65. The van der Waals surface area contributed by atoms with Crippen molar-refractivity contribution in [2.75, 3.05) is 38.9 Å². The highest BCUT2D eigenvalue weighted by molar-refractivity contribution is 5.43. The molecule has 1 aliphatic heterocycles. The van der Waals surface area contributed by atoms with Gasteiger partial charge in [-0.2, -0.15) is 0 Å². The molecule has 0 amide bonds. The third-order valence-corrected chi connectivity index (χ3v) is 3.34. The monoisotopic (exact) mass is 266 g/mol. The van der Waals surface area contributed by atoms with Gasteiger partial charge in [0.15, 0.2) is 0 Å². The molecule has 2 heterocycles. The number of pyridine rings is 1. The molecule has 19 heavy (non-hydrogen) atoms. The molecule has 1 aromatic rings. The van der Waals surface area contributed by atoms with Crippen molar-refractivity contribution in [2.45, 2.75) is 19.4 Å². The first kappa shape index (κ1) is 14.1. The van der Waals surface area contributed by atoms with Gasteiger partial charge in [-0.25, -0.2) is 4.98 Å². The van der Waals surface area contributed by atoms with Crippen LogP contribution in [-0.2, 0) is 9.47 Å². The second-order valence-electron chi connectivity index (χ2n) is 4.78. The molecule has 0 saturated carbocycles. The van der Waals surface area contributed by atoms with E-state index in [2.05, 4.69) is 17.2 Å². The number of ether oxygens (including phenoxy) is 3. The Kier molecular flexibility index (Phi) is 5.42. The molecule has 1 aromatic heterocycles. The van der Waals surface area contributed by atoms with E-state index in [4.69, 9.17) is 14.2 Å². The Labute approximate surface area is 114 Å². The molecule has 5 nitrogen and oxygen atoms in total. The highest BCUT2D eigenvalue weighted by atomic mass is 16.5. The van der Waals surface area contributed by atoms with Gasteiger partial charge < -0.3 is 19.5 Å². The average Bonchev–Trinajstić information content (AvgIpc) is 2.95. The van der Waals surface area contributed by atoms with Crippen LogP contribution in [0.2, 0.25) is 0 Å². The van der Waals surface area contributed by atoms with Gasteiger partial charge in [0.2, 0.25) is 5.88 Å². The van der Waals surface area contributed by atoms with E-state index in [1.807, 2.05) is 12.1 Å². The van der Waals surface area contributed by atoms with Gasteiger partial charge in [0, 0.05) is 31.7 Å². The van der Waals surface area contributed by atoms with E-state index in [1.54, 1.807) is 13.3 Å². The first-order chi connectivity index (χ1) is 9.29. The molecule has 1 fully saturated rings. The van der Waals surface area contributed by atoms with Crippen LogP contribution in [0, 0.1) is 5.92 Å². The maximum Gasteiger partial charge on any atom is 0.213 e. The van der Waals surface area contributed by atoms with E-state index >= 15 is 0 Å². The summed E-state index contributed by atoms with van der Waals surface area (Å²) >= 11 is 0. The van der Waals surface area contributed by atoms with Crippen LogP contribution in [0.3, 0.4) is 0 Å². The number of methoxy groups -OCH3 is 1. The van der Waals surface area contributed by atoms with Crippen LogP contribution >= 0.6 is 0 Å². The standard InChI is InChI=1S/C14H22N2O3/c1-11(12-5-6-18-10-12)16-13-3-4-14(15-9-13)19-8-7-17-2/h3-4,9,11-12,16H,5-8,10H2,1-2H3. The van der Waals surface area contributed by atoms with Crippen LogP contribution in [0.1, 0.15) is 13.3 Å². The highest BCUT2D eigenvalue weighted by Gasteiger charge is 2.22. The summed E-state index contributed by atoms with van der Waals surface area (Å²) < 4.78 is 15.7. The van der Waals surface area contributed by atoms with Crippen LogP contribution in [0.4, 0.5) is 5.69 Å². The Bertz CT molecular complexity index is 363. The Balaban J connectivity index is 1.80. The maximum atomic E-state index is 5.42. The summed E-state index contributed by atoms with van der Waals surface area (Å²) in [6.07, 6.45) is 2.92. The highest BCUT2D eigenvalue weighted by Crippen LogP contribution is 2.20. The molecule has 1 saturated heterocycles. The van der Waals surface area contributed by atoms with Crippen LogP contribution in [0.15, 0.2) is 18.3 Å². The third kappa shape index (κ3) is 4.36. The van der Waals surface area contributed by atoms with Crippen molar-refractivity contribution in [3.8, 4) is 5.88 Å². The zero-order valence-electron chi connectivity index (χ0n) is 11.6. The zero-order chi connectivity index (χ0) is 13.5. The molecule has 0 aliphatic carbocycles. The number of nitrogens with one attached hydrogen (secondary N) is 1. The minimum absolute atomic E-state index is 0.393. The van der Waals surface area contributed by atoms with Gasteiger partial charge in [-0.3, -0.25) is 0 Å². The number of anilines is 1. The SMILES string of the molecule is COCCOc1ccc(NC(C)C2CCOC2)cn1. The van der Waals surface area contributed by atoms with E-state index in [-0.39, 0.29) is 0 Å². The molecule has 2 unspecified atom stereocenters. The van der Waals surface area contributed by atoms with Crippen molar-refractivity contribution >= 4 is 5.69 Å². The average molecular weight is 266 g/mol. The van der Waals surface area contributed by atoms with Crippen LogP contribution < -0.4 is 10.1 Å². The quantitative estimate of drug-likeness (QED) is 0.764. The van der Waals surface area contributed by atoms with Crippen molar-refractivity contribution in [3.05, 3.63) is 18.3 Å². The Morgan fingerprint density at radius 3 is 3.00 bits per heavy atom. The molecular formula is C14H22N2O3. The Morgan fingerprint density at radius 2 is 2.37 bits per heavy atom. The van der Waals surface area contributed by atoms with Crippen LogP contribution in [0.5, 0.6) is 5.88 Å². The second kappa shape index (κ2) is 7.31. The van der Waals surface area contributed by atoms with E-state index in [9.17, 15) is 0 Å². The Morgan fingerprint density at radius 1 is 1.47 bits per heavy atom. The number of aromatic nitrogens is 1. The zero-order valence-corrected chi connectivity index (χ0v) is 11.6. The molecular weight excluding hydrogens is 244 g/mol. The van der Waals surface area contributed by atoms with Gasteiger partial charge in [-0.05, 0) is 19.4 Å². The van der Waals surface area contributed by atoms with Crippen LogP contribution in [0.25, 0.3) is 0 Å². The van der Waals surface area contributed by atoms with Crippen molar-refractivity contribution in [1.29, 1.82) is 0 Å². The summed E-state index contributed by atoms with van der Waals surface area (Å²) in [6, 6.07) is 4.25. The molecule has 1 N–H and O–H groups in total. The van der Waals surface area contributed by atoms with Crippen molar-refractivity contribution in [3.63, 3.8) is 0 Å². The minimum Gasteiger partial charge on any atom is -0.475 e. The lowest BCUT2D eigenvalue weighted by Gasteiger charge is -2.20. The smallest absolute Gasteiger partial charge is 0.213 e. The first-order valence-electron chi connectivity index (χ1n) is 6.71. The lowest BCUT2D eigenvalue weighted by Crippen LogP contribution is -2.26. The Hall–Kier alpha value is -1.33. The summed E-state index contributed by atoms with van der Waals surface area (Å²) in [5.74, 6) is 1.21. The molecule has 0 radical (unpaired) electrons. The summed E-state index contributed by atoms with van der Waals surface area (Å²) in [5, 5.41) is 3.46. The molecule has 2 rings (SSSR count). The fraction of sp³-hybridized carbons (Fsp3) is 0.643. The molecule has 106 valence electrons. The summed E-state index contributed by atoms with van der Waals surface area (Å²) in [6.45, 7) is 5.00. The molecule has 5 heteroatoms. The third-order valence-electron chi connectivity index (χ3n) is 3.34. The van der Waals surface area contributed by atoms with Gasteiger partial charge in [0.05, 0.1) is 25.1 Å². The molecule has 0 spiro atoms. The minimum atomic E-state index is 0.393. The number of rotatable bonds is 7. The fourth-order valence-electron chi connectivity index (χ4n) is 2.11. The molecule has 0 aromatic carbocycles. The topological polar surface area (TPSA) is 52.6 Å². The second-order valence-corrected chi connectivity index (χ2v) is 4.78. The van der Waals surface area contributed by atoms with Crippen molar-refractivity contribution < 1.29 is 14.2 Å². The lowest BCUT2D eigenvalue weighted by molar-refractivity contribution is 0.144.